The molecule has 1 fully saturated rings. The molecule has 0 aromatic rings. The average molecular weight is 435 g/mol. The van der Waals surface area contributed by atoms with Crippen molar-refractivity contribution in [1.82, 2.24) is 0 Å². The van der Waals surface area contributed by atoms with Gasteiger partial charge in [0.25, 0.3) is 0 Å². The van der Waals surface area contributed by atoms with Crippen LogP contribution in [0.5, 0.6) is 0 Å². The van der Waals surface area contributed by atoms with E-state index in [0.717, 1.165) is 6.92 Å². The maximum atomic E-state index is 11.5. The SMILES string of the molecule is CC(=O)O[C@@H]1[C@@H](N)[C@H](OP(=O)(O)O)C(O)(C(=O)O)CSC(O)(C(=O)O)[C@@H]1O. The standard InChI is InChI=1S/C11H18NO13PS/c1-3(13)24-5-4(12)7(25-26(21,22)23)10(19,8(15)16)2-27-11(20,6(5)14)9(17)18/h4-7,14,19-20H,2,12H2,1H3,(H,15,16)(H,17,18)(H2,21,22,23)/t4-,5-,6-,7+,10?,11?/m1/s1. The van der Waals surface area contributed by atoms with Crippen molar-refractivity contribution in [3.8, 4) is 0 Å². The second-order valence-electron chi connectivity index (χ2n) is 5.63. The number of carbonyl (C=O) groups excluding carboxylic acids is 1. The lowest BCUT2D eigenvalue weighted by Gasteiger charge is -2.44. The zero-order valence-electron chi connectivity index (χ0n) is 13.5. The van der Waals surface area contributed by atoms with Crippen molar-refractivity contribution in [2.24, 2.45) is 5.73 Å². The summed E-state index contributed by atoms with van der Waals surface area (Å²) < 4.78 is 20.1. The van der Waals surface area contributed by atoms with E-state index in [1.807, 2.05) is 0 Å². The minimum absolute atomic E-state index is 0.191. The number of carboxylic acid groups (broad SMARTS) is 2. The number of hydrogen-bond acceptors (Lipinski definition) is 11. The Balaban J connectivity index is 3.61. The van der Waals surface area contributed by atoms with E-state index in [2.05, 4.69) is 9.26 Å². The minimum atomic E-state index is -5.47. The van der Waals surface area contributed by atoms with Gasteiger partial charge in [-0.2, -0.15) is 0 Å². The van der Waals surface area contributed by atoms with Gasteiger partial charge in [0.15, 0.2) is 5.60 Å². The predicted molar refractivity (Wildman–Crippen MR) is 84.1 cm³/mol. The Kier molecular flexibility index (Phi) is 7.02. The molecule has 0 radical (unpaired) electrons. The number of hydrogen-bond donors (Lipinski definition) is 8. The molecule has 2 unspecified atom stereocenters. The molecule has 0 aliphatic carbocycles. The van der Waals surface area contributed by atoms with Crippen molar-refractivity contribution in [3.63, 3.8) is 0 Å². The van der Waals surface area contributed by atoms with Crippen LogP contribution in [0.4, 0.5) is 0 Å². The molecule has 0 aromatic heterocycles. The van der Waals surface area contributed by atoms with E-state index in [9.17, 15) is 44.5 Å². The molecule has 0 aromatic carbocycles. The summed E-state index contributed by atoms with van der Waals surface area (Å²) >= 11 is -0.191. The number of phosphoric ester groups is 1. The Morgan fingerprint density at radius 1 is 1.19 bits per heavy atom. The number of phosphoric acid groups is 1. The molecule has 1 aliphatic rings. The van der Waals surface area contributed by atoms with Crippen LogP contribution in [0.2, 0.25) is 0 Å². The van der Waals surface area contributed by atoms with E-state index >= 15 is 0 Å². The van der Waals surface area contributed by atoms with E-state index < -0.39 is 66.4 Å². The Labute approximate surface area is 155 Å². The highest BCUT2D eigenvalue weighted by Crippen LogP contribution is 2.45. The molecule has 0 amide bonds. The molecule has 16 heteroatoms. The van der Waals surface area contributed by atoms with Crippen LogP contribution in [0, 0.1) is 0 Å². The molecule has 0 saturated carbocycles. The molecule has 9 N–H and O–H groups in total. The van der Waals surface area contributed by atoms with Crippen molar-refractivity contribution < 1.29 is 63.5 Å². The lowest BCUT2D eigenvalue weighted by atomic mass is 9.87. The quantitative estimate of drug-likeness (QED) is 0.153. The fourth-order valence-electron chi connectivity index (χ4n) is 2.32. The normalized spacial score (nSPS) is 37.7. The van der Waals surface area contributed by atoms with Crippen LogP contribution in [0.25, 0.3) is 0 Å². The number of nitrogens with two attached hydrogens (primary N) is 1. The van der Waals surface area contributed by atoms with Gasteiger partial charge in [0, 0.05) is 12.7 Å². The van der Waals surface area contributed by atoms with Crippen LogP contribution >= 0.6 is 19.6 Å². The van der Waals surface area contributed by atoms with Crippen LogP contribution in [-0.2, 0) is 28.2 Å². The number of ether oxygens (including phenoxy) is 1. The molecular formula is C11H18NO13PS. The summed E-state index contributed by atoms with van der Waals surface area (Å²) in [5.74, 6) is -6.59. The van der Waals surface area contributed by atoms with E-state index in [-0.39, 0.29) is 11.8 Å². The molecule has 156 valence electrons. The zero-order valence-corrected chi connectivity index (χ0v) is 15.2. The number of aliphatic hydroxyl groups excluding tert-OH is 1. The summed E-state index contributed by atoms with van der Waals surface area (Å²) in [6.45, 7) is 0.799. The van der Waals surface area contributed by atoms with E-state index in [4.69, 9.17) is 15.5 Å². The van der Waals surface area contributed by atoms with Gasteiger partial charge in [-0.05, 0) is 0 Å². The number of rotatable bonds is 5. The first kappa shape index (κ1) is 23.7. The van der Waals surface area contributed by atoms with Gasteiger partial charge in [-0.25, -0.2) is 14.2 Å². The largest absolute Gasteiger partial charge is 0.479 e. The number of carboxylic acids is 2. The molecule has 1 heterocycles. The molecule has 0 bridgehead atoms. The molecule has 6 atom stereocenters. The summed E-state index contributed by atoms with van der Waals surface area (Å²) in [6.07, 6.45) is -7.18. The van der Waals surface area contributed by atoms with Gasteiger partial charge in [0.1, 0.15) is 18.3 Å². The maximum Gasteiger partial charge on any atom is 0.470 e. The number of carbonyl (C=O) groups is 3. The van der Waals surface area contributed by atoms with Crippen LogP contribution in [0.1, 0.15) is 6.92 Å². The highest BCUT2D eigenvalue weighted by Gasteiger charge is 2.61. The van der Waals surface area contributed by atoms with Gasteiger partial charge in [-0.1, -0.05) is 0 Å². The molecule has 1 rings (SSSR count). The maximum absolute atomic E-state index is 11.5. The van der Waals surface area contributed by atoms with Crippen molar-refractivity contribution in [2.45, 2.75) is 41.8 Å². The van der Waals surface area contributed by atoms with Gasteiger partial charge < -0.3 is 45.8 Å². The van der Waals surface area contributed by atoms with Gasteiger partial charge in [-0.15, -0.1) is 11.8 Å². The Bertz CT molecular complexity index is 669. The predicted octanol–water partition coefficient (Wildman–Crippen LogP) is -3.58. The average Bonchev–Trinajstić information content (AvgIpc) is 2.51. The summed E-state index contributed by atoms with van der Waals surface area (Å²) in [6, 6.07) is -2.18. The number of thioether (sulfide) groups is 1. The van der Waals surface area contributed by atoms with Gasteiger partial charge >= 0.3 is 25.7 Å². The number of aliphatic carboxylic acids is 2. The second kappa shape index (κ2) is 7.98. The van der Waals surface area contributed by atoms with Gasteiger partial charge in [0.2, 0.25) is 4.93 Å². The summed E-state index contributed by atoms with van der Waals surface area (Å²) in [7, 11) is -5.47. The van der Waals surface area contributed by atoms with Crippen LogP contribution < -0.4 is 5.73 Å². The van der Waals surface area contributed by atoms with Crippen LogP contribution in [0.3, 0.4) is 0 Å². The highest BCUT2D eigenvalue weighted by atomic mass is 32.2. The van der Waals surface area contributed by atoms with Crippen LogP contribution in [0.15, 0.2) is 0 Å². The minimum Gasteiger partial charge on any atom is -0.479 e. The topological polar surface area (TPSA) is 254 Å². The molecule has 1 aliphatic heterocycles. The molecule has 1 saturated heterocycles. The number of esters is 1. The third-order valence-corrected chi connectivity index (χ3v) is 5.60. The molecule has 14 nitrogen and oxygen atoms in total. The zero-order chi connectivity index (χ0) is 21.4. The Morgan fingerprint density at radius 2 is 1.70 bits per heavy atom. The van der Waals surface area contributed by atoms with Crippen LogP contribution in [-0.4, -0.2) is 93.9 Å². The first-order chi connectivity index (χ1) is 12.1. The third kappa shape index (κ3) is 4.96. The summed E-state index contributed by atoms with van der Waals surface area (Å²) in [5, 5.41) is 49.3. The number of aliphatic hydroxyl groups is 3. The molecule has 27 heavy (non-hydrogen) atoms. The smallest absolute Gasteiger partial charge is 0.470 e. The fourth-order valence-corrected chi connectivity index (χ4v) is 4.09. The van der Waals surface area contributed by atoms with Crippen molar-refractivity contribution in [1.29, 1.82) is 0 Å². The second-order valence-corrected chi connectivity index (χ2v) is 8.02. The first-order valence-electron chi connectivity index (χ1n) is 6.96. The monoisotopic (exact) mass is 435 g/mol. The van der Waals surface area contributed by atoms with Crippen molar-refractivity contribution in [3.05, 3.63) is 0 Å². The van der Waals surface area contributed by atoms with Gasteiger partial charge in [0.05, 0.1) is 6.04 Å². The lowest BCUT2D eigenvalue weighted by molar-refractivity contribution is -0.189. The Hall–Kier alpha value is -1.29. The summed E-state index contributed by atoms with van der Waals surface area (Å²) in [5.41, 5.74) is 2.39. The van der Waals surface area contributed by atoms with E-state index in [0.29, 0.717) is 0 Å². The summed E-state index contributed by atoms with van der Waals surface area (Å²) in [4.78, 5) is 49.0. The van der Waals surface area contributed by atoms with Gasteiger partial charge in [-0.3, -0.25) is 9.32 Å². The van der Waals surface area contributed by atoms with E-state index in [1.54, 1.807) is 0 Å². The lowest BCUT2D eigenvalue weighted by Crippen LogP contribution is -2.70. The van der Waals surface area contributed by atoms with Crippen molar-refractivity contribution >= 4 is 37.5 Å². The Morgan fingerprint density at radius 3 is 2.07 bits per heavy atom. The molecular weight excluding hydrogens is 417 g/mol. The fraction of sp³-hybridized carbons (Fsp3) is 0.727. The molecule has 0 spiro atoms. The highest BCUT2D eigenvalue weighted by molar-refractivity contribution is 8.01. The van der Waals surface area contributed by atoms with Crippen molar-refractivity contribution in [2.75, 3.05) is 5.75 Å². The van der Waals surface area contributed by atoms with E-state index in [1.165, 1.54) is 0 Å². The third-order valence-electron chi connectivity index (χ3n) is 3.65. The first-order valence-corrected chi connectivity index (χ1v) is 9.48.